The van der Waals surface area contributed by atoms with E-state index in [0.717, 1.165) is 29.0 Å². The zero-order valence-electron chi connectivity index (χ0n) is 17.8. The Labute approximate surface area is 203 Å². The van der Waals surface area contributed by atoms with Gasteiger partial charge in [-0.1, -0.05) is 53.6 Å². The average molecular weight is 501 g/mol. The first-order chi connectivity index (χ1) is 15.9. The van der Waals surface area contributed by atoms with Crippen LogP contribution >= 0.6 is 23.2 Å². The maximum Gasteiger partial charge on any atom is 0.261 e. The lowest BCUT2D eigenvalue weighted by Crippen LogP contribution is -2.29. The molecule has 0 saturated heterocycles. The minimum atomic E-state index is -3.82. The fourth-order valence-electron chi connectivity index (χ4n) is 4.80. The van der Waals surface area contributed by atoms with E-state index in [4.69, 9.17) is 27.9 Å². The first kappa shape index (κ1) is 22.1. The Kier molecular flexibility index (Phi) is 5.77. The van der Waals surface area contributed by atoms with Crippen molar-refractivity contribution in [1.29, 1.82) is 0 Å². The Balaban J connectivity index is 1.50. The lowest BCUT2D eigenvalue weighted by Gasteiger charge is -2.38. The van der Waals surface area contributed by atoms with Crippen LogP contribution in [0, 0.1) is 5.92 Å². The minimum Gasteiger partial charge on any atom is -0.496 e. The van der Waals surface area contributed by atoms with Crippen LogP contribution in [-0.4, -0.2) is 15.5 Å². The summed E-state index contributed by atoms with van der Waals surface area (Å²) in [5.41, 5.74) is 3.30. The van der Waals surface area contributed by atoms with Crippen LogP contribution in [0.4, 0.5) is 11.4 Å². The predicted molar refractivity (Wildman–Crippen MR) is 133 cm³/mol. The molecule has 1 aliphatic heterocycles. The number of sulfonamides is 1. The summed E-state index contributed by atoms with van der Waals surface area (Å²) in [6.45, 7) is 0. The van der Waals surface area contributed by atoms with Crippen LogP contribution in [0.15, 0.2) is 77.7 Å². The van der Waals surface area contributed by atoms with Crippen molar-refractivity contribution in [2.24, 2.45) is 5.92 Å². The second-order valence-corrected chi connectivity index (χ2v) is 10.8. The second kappa shape index (κ2) is 8.60. The molecule has 3 aromatic carbocycles. The summed E-state index contributed by atoms with van der Waals surface area (Å²) in [5, 5.41) is 4.35. The number of fused-ring (bicyclic) bond motifs is 3. The number of hydrogen-bond donors (Lipinski definition) is 2. The average Bonchev–Trinajstić information content (AvgIpc) is 3.27. The quantitative estimate of drug-likeness (QED) is 0.385. The summed E-state index contributed by atoms with van der Waals surface area (Å²) in [4.78, 5) is 0.189. The third-order valence-corrected chi connectivity index (χ3v) is 8.05. The molecule has 3 aromatic rings. The lowest BCUT2D eigenvalue weighted by atomic mass is 9.77. The van der Waals surface area contributed by atoms with Gasteiger partial charge in [0.25, 0.3) is 10.0 Å². The van der Waals surface area contributed by atoms with Crippen molar-refractivity contribution < 1.29 is 13.2 Å². The molecule has 3 atom stereocenters. The molecule has 5 rings (SSSR count). The number of nitrogens with one attached hydrogen (secondary N) is 2. The van der Waals surface area contributed by atoms with Crippen molar-refractivity contribution in [2.45, 2.75) is 23.3 Å². The molecule has 33 heavy (non-hydrogen) atoms. The van der Waals surface area contributed by atoms with E-state index >= 15 is 0 Å². The van der Waals surface area contributed by atoms with Gasteiger partial charge in [0.2, 0.25) is 0 Å². The topological polar surface area (TPSA) is 67.4 Å². The van der Waals surface area contributed by atoms with E-state index < -0.39 is 10.0 Å². The summed E-state index contributed by atoms with van der Waals surface area (Å²) >= 11 is 12.0. The maximum atomic E-state index is 13.1. The van der Waals surface area contributed by atoms with Gasteiger partial charge in [0.1, 0.15) is 5.75 Å². The number of allylic oxidation sites excluding steroid dienone is 2. The molecule has 0 aromatic heterocycles. The summed E-state index contributed by atoms with van der Waals surface area (Å²) in [6.07, 6.45) is 5.24. The van der Waals surface area contributed by atoms with Crippen LogP contribution < -0.4 is 14.8 Å². The molecule has 8 heteroatoms. The van der Waals surface area contributed by atoms with Gasteiger partial charge in [-0.2, -0.15) is 0 Å². The van der Waals surface area contributed by atoms with Gasteiger partial charge in [-0.3, -0.25) is 4.72 Å². The monoisotopic (exact) mass is 500 g/mol. The van der Waals surface area contributed by atoms with Crippen LogP contribution in [0.5, 0.6) is 5.75 Å². The van der Waals surface area contributed by atoms with Gasteiger partial charge < -0.3 is 10.1 Å². The van der Waals surface area contributed by atoms with Gasteiger partial charge in [0.15, 0.2) is 0 Å². The molecule has 2 aliphatic rings. The van der Waals surface area contributed by atoms with Crippen molar-refractivity contribution >= 4 is 44.6 Å². The number of benzene rings is 3. The SMILES string of the molecule is COc1ccccc1[C@H]1Nc2ccc(S(=O)(=O)Nc3cc(Cl)cc(Cl)c3)cc2[C@H]2C=CC[C@H]21. The Hall–Kier alpha value is -2.67. The molecule has 1 aliphatic carbocycles. The van der Waals surface area contributed by atoms with E-state index in [9.17, 15) is 8.42 Å². The smallest absolute Gasteiger partial charge is 0.261 e. The number of rotatable bonds is 5. The van der Waals surface area contributed by atoms with Gasteiger partial charge in [-0.05, 0) is 60.4 Å². The van der Waals surface area contributed by atoms with Crippen LogP contribution in [0.3, 0.4) is 0 Å². The number of para-hydroxylation sites is 1. The first-order valence-corrected chi connectivity index (χ1v) is 12.8. The van der Waals surface area contributed by atoms with E-state index in [0.29, 0.717) is 15.7 Å². The fourth-order valence-corrected chi connectivity index (χ4v) is 6.40. The van der Waals surface area contributed by atoms with Gasteiger partial charge >= 0.3 is 0 Å². The van der Waals surface area contributed by atoms with Gasteiger partial charge in [0.05, 0.1) is 23.7 Å². The predicted octanol–water partition coefficient (Wildman–Crippen LogP) is 6.63. The largest absolute Gasteiger partial charge is 0.496 e. The fraction of sp³-hybridized carbons (Fsp3) is 0.200. The molecule has 5 nitrogen and oxygen atoms in total. The van der Waals surface area contributed by atoms with E-state index in [1.165, 1.54) is 12.1 Å². The van der Waals surface area contributed by atoms with Gasteiger partial charge in [0, 0.05) is 27.2 Å². The summed E-state index contributed by atoms with van der Waals surface area (Å²) < 4.78 is 34.4. The second-order valence-electron chi connectivity index (χ2n) is 8.23. The highest BCUT2D eigenvalue weighted by Gasteiger charge is 2.39. The van der Waals surface area contributed by atoms with E-state index in [2.05, 4.69) is 28.3 Å². The lowest BCUT2D eigenvalue weighted by molar-refractivity contribution is 0.381. The maximum absolute atomic E-state index is 13.1. The van der Waals surface area contributed by atoms with Crippen molar-refractivity contribution in [3.63, 3.8) is 0 Å². The highest BCUT2D eigenvalue weighted by atomic mass is 35.5. The van der Waals surface area contributed by atoms with Crippen LogP contribution in [0.1, 0.15) is 29.5 Å². The van der Waals surface area contributed by atoms with E-state index in [1.54, 1.807) is 25.3 Å². The zero-order chi connectivity index (χ0) is 23.2. The standard InChI is InChI=1S/C25H22Cl2N2O3S/c1-32-24-8-3-2-5-21(24)25-20-7-4-6-19(20)22-14-18(9-10-23(22)28-25)33(30,31)29-17-12-15(26)11-16(27)13-17/h2-6,8-14,19-20,25,28-29H,7H2,1H3/t19-,20+,25-/m0/s1. The number of halogens is 2. The van der Waals surface area contributed by atoms with Gasteiger partial charge in [-0.25, -0.2) is 8.42 Å². The van der Waals surface area contributed by atoms with E-state index in [1.807, 2.05) is 24.3 Å². The number of ether oxygens (including phenoxy) is 1. The molecule has 2 N–H and O–H groups in total. The Morgan fingerprint density at radius 1 is 1.00 bits per heavy atom. The number of methoxy groups -OCH3 is 1. The third kappa shape index (κ3) is 4.19. The number of anilines is 2. The van der Waals surface area contributed by atoms with Crippen LogP contribution in [-0.2, 0) is 10.0 Å². The van der Waals surface area contributed by atoms with Crippen molar-refractivity contribution in [3.8, 4) is 5.75 Å². The number of hydrogen-bond acceptors (Lipinski definition) is 4. The molecule has 170 valence electrons. The highest BCUT2D eigenvalue weighted by molar-refractivity contribution is 7.92. The third-order valence-electron chi connectivity index (χ3n) is 6.23. The van der Waals surface area contributed by atoms with Crippen molar-refractivity contribution in [2.75, 3.05) is 17.1 Å². The Bertz CT molecular complexity index is 1340. The zero-order valence-corrected chi connectivity index (χ0v) is 20.1. The highest BCUT2D eigenvalue weighted by Crippen LogP contribution is 2.51. The van der Waals surface area contributed by atoms with Crippen LogP contribution in [0.25, 0.3) is 0 Å². The molecule has 0 bridgehead atoms. The first-order valence-electron chi connectivity index (χ1n) is 10.5. The summed E-state index contributed by atoms with van der Waals surface area (Å²) in [6, 6.07) is 17.9. The molecular weight excluding hydrogens is 479 g/mol. The normalized spacial score (nSPS) is 21.1. The summed E-state index contributed by atoms with van der Waals surface area (Å²) in [5.74, 6) is 1.20. The molecule has 0 saturated carbocycles. The molecule has 0 fully saturated rings. The summed E-state index contributed by atoms with van der Waals surface area (Å²) in [7, 11) is -2.15. The molecule has 1 heterocycles. The minimum absolute atomic E-state index is 0.0582. The van der Waals surface area contributed by atoms with Crippen molar-refractivity contribution in [1.82, 2.24) is 0 Å². The molecular formula is C25H22Cl2N2O3S. The molecule has 0 amide bonds. The Morgan fingerprint density at radius 2 is 1.76 bits per heavy atom. The van der Waals surface area contributed by atoms with Gasteiger partial charge in [-0.15, -0.1) is 0 Å². The molecule has 0 spiro atoms. The molecule has 0 unspecified atom stereocenters. The Morgan fingerprint density at radius 3 is 2.52 bits per heavy atom. The van der Waals surface area contributed by atoms with Crippen LogP contribution in [0.2, 0.25) is 10.0 Å². The van der Waals surface area contributed by atoms with E-state index in [-0.39, 0.29) is 22.8 Å². The van der Waals surface area contributed by atoms with Crippen molar-refractivity contribution in [3.05, 3.63) is 94.0 Å². The molecule has 0 radical (unpaired) electrons.